The Morgan fingerprint density at radius 2 is 1.92 bits per heavy atom. The Balaban J connectivity index is 3.87. The van der Waals surface area contributed by atoms with Crippen molar-refractivity contribution in [3.05, 3.63) is 0 Å². The zero-order chi connectivity index (χ0) is 9.78. The summed E-state index contributed by atoms with van der Waals surface area (Å²) in [6.45, 7) is 2.17. The number of halogens is 3. The molecule has 0 radical (unpaired) electrons. The molecule has 0 aromatic heterocycles. The van der Waals surface area contributed by atoms with Crippen molar-refractivity contribution in [2.24, 2.45) is 0 Å². The van der Waals surface area contributed by atoms with Crippen molar-refractivity contribution in [2.75, 3.05) is 13.6 Å². The van der Waals surface area contributed by atoms with E-state index < -0.39 is 18.5 Å². The predicted octanol–water partition coefficient (Wildman–Crippen LogP) is 1.81. The Bertz CT molecular complexity index is 155. The normalized spacial score (nSPS) is 11.4. The third kappa shape index (κ3) is 4.98. The van der Waals surface area contributed by atoms with Crippen LogP contribution in [0.4, 0.5) is 13.2 Å². The third-order valence-corrected chi connectivity index (χ3v) is 1.34. The van der Waals surface area contributed by atoms with Crippen LogP contribution in [0.3, 0.4) is 0 Å². The average molecular weight is 183 g/mol. The van der Waals surface area contributed by atoms with Crippen LogP contribution in [0.25, 0.3) is 0 Å². The van der Waals surface area contributed by atoms with Gasteiger partial charge in [0.05, 0.1) is 0 Å². The summed E-state index contributed by atoms with van der Waals surface area (Å²) in [5.41, 5.74) is 0. The second-order valence-electron chi connectivity index (χ2n) is 2.61. The lowest BCUT2D eigenvalue weighted by atomic mass is 10.3. The second kappa shape index (κ2) is 4.33. The van der Waals surface area contributed by atoms with Gasteiger partial charge < -0.3 is 4.90 Å². The summed E-state index contributed by atoms with van der Waals surface area (Å²) in [7, 11) is 1.37. The van der Waals surface area contributed by atoms with Gasteiger partial charge in [0, 0.05) is 13.6 Å². The van der Waals surface area contributed by atoms with Gasteiger partial charge in [0.15, 0.2) is 0 Å². The Morgan fingerprint density at radius 1 is 1.42 bits per heavy atom. The molecule has 12 heavy (non-hydrogen) atoms. The van der Waals surface area contributed by atoms with Gasteiger partial charge in [-0.05, 0) is 6.42 Å². The lowest BCUT2D eigenvalue weighted by molar-refractivity contribution is -0.160. The van der Waals surface area contributed by atoms with E-state index in [4.69, 9.17) is 0 Å². The topological polar surface area (TPSA) is 20.3 Å². The van der Waals surface area contributed by atoms with E-state index in [1.165, 1.54) is 7.05 Å². The molecule has 0 aromatic rings. The summed E-state index contributed by atoms with van der Waals surface area (Å²) < 4.78 is 35.0. The van der Waals surface area contributed by atoms with Crippen LogP contribution in [0.15, 0.2) is 0 Å². The van der Waals surface area contributed by atoms with E-state index in [-0.39, 0.29) is 0 Å². The van der Waals surface area contributed by atoms with E-state index in [0.717, 1.165) is 4.90 Å². The van der Waals surface area contributed by atoms with Crippen LogP contribution < -0.4 is 0 Å². The fourth-order valence-electron chi connectivity index (χ4n) is 0.767. The van der Waals surface area contributed by atoms with E-state index in [0.29, 0.717) is 13.0 Å². The first kappa shape index (κ1) is 11.3. The van der Waals surface area contributed by atoms with Crippen LogP contribution in [0.1, 0.15) is 19.8 Å². The van der Waals surface area contributed by atoms with Crippen LogP contribution in [0, 0.1) is 0 Å². The Hall–Kier alpha value is -0.740. The molecule has 0 saturated heterocycles. The zero-order valence-corrected chi connectivity index (χ0v) is 7.11. The fraction of sp³-hybridized carbons (Fsp3) is 0.857. The minimum atomic E-state index is -4.39. The fourth-order valence-corrected chi connectivity index (χ4v) is 0.767. The summed E-state index contributed by atoms with van der Waals surface area (Å²) in [5.74, 6) is -0.871. The SMILES string of the molecule is CCCN(C)C(=O)CC(F)(F)F. The van der Waals surface area contributed by atoms with Gasteiger partial charge in [-0.15, -0.1) is 0 Å². The molecule has 0 unspecified atom stereocenters. The first-order valence-electron chi connectivity index (χ1n) is 3.67. The number of amides is 1. The standard InChI is InChI=1S/C7H12F3NO/c1-3-4-11(2)6(12)5-7(8,9)10/h3-5H2,1-2H3. The van der Waals surface area contributed by atoms with Gasteiger partial charge in [0.25, 0.3) is 0 Å². The maximum absolute atomic E-state index is 11.7. The number of hydrogen-bond acceptors (Lipinski definition) is 1. The monoisotopic (exact) mass is 183 g/mol. The van der Waals surface area contributed by atoms with Gasteiger partial charge >= 0.3 is 6.18 Å². The quantitative estimate of drug-likeness (QED) is 0.653. The molecule has 0 aliphatic carbocycles. The van der Waals surface area contributed by atoms with Gasteiger partial charge in [-0.2, -0.15) is 13.2 Å². The predicted molar refractivity (Wildman–Crippen MR) is 38.6 cm³/mol. The molecule has 0 spiro atoms. The molecule has 0 aromatic carbocycles. The minimum Gasteiger partial charge on any atom is -0.345 e. The lowest BCUT2D eigenvalue weighted by Gasteiger charge is -2.16. The molecular formula is C7H12F3NO. The van der Waals surface area contributed by atoms with Gasteiger partial charge in [-0.1, -0.05) is 6.92 Å². The van der Waals surface area contributed by atoms with Gasteiger partial charge in [0.2, 0.25) is 5.91 Å². The molecule has 0 heterocycles. The molecule has 0 saturated carbocycles. The molecule has 1 amide bonds. The number of carbonyl (C=O) groups excluding carboxylic acids is 1. The van der Waals surface area contributed by atoms with E-state index >= 15 is 0 Å². The van der Waals surface area contributed by atoms with Crippen molar-refractivity contribution in [3.63, 3.8) is 0 Å². The van der Waals surface area contributed by atoms with Crippen LogP contribution in [0.5, 0.6) is 0 Å². The van der Waals surface area contributed by atoms with E-state index in [9.17, 15) is 18.0 Å². The second-order valence-corrected chi connectivity index (χ2v) is 2.61. The summed E-state index contributed by atoms with van der Waals surface area (Å²) in [6, 6.07) is 0. The average Bonchev–Trinajstić information content (AvgIpc) is 1.84. The maximum Gasteiger partial charge on any atom is 0.397 e. The largest absolute Gasteiger partial charge is 0.397 e. The molecular weight excluding hydrogens is 171 g/mol. The lowest BCUT2D eigenvalue weighted by Crippen LogP contribution is -2.31. The Kier molecular flexibility index (Phi) is 4.06. The van der Waals surface area contributed by atoms with Crippen molar-refractivity contribution < 1.29 is 18.0 Å². The molecule has 0 N–H and O–H groups in total. The minimum absolute atomic E-state index is 0.370. The first-order valence-corrected chi connectivity index (χ1v) is 3.67. The third-order valence-electron chi connectivity index (χ3n) is 1.34. The number of rotatable bonds is 3. The van der Waals surface area contributed by atoms with Crippen molar-refractivity contribution >= 4 is 5.91 Å². The summed E-state index contributed by atoms with van der Waals surface area (Å²) in [6.07, 6.45) is -5.08. The summed E-state index contributed by atoms with van der Waals surface area (Å²) in [4.78, 5) is 11.8. The van der Waals surface area contributed by atoms with Crippen molar-refractivity contribution in [1.82, 2.24) is 4.90 Å². The van der Waals surface area contributed by atoms with Crippen LogP contribution in [-0.4, -0.2) is 30.6 Å². The van der Waals surface area contributed by atoms with E-state index in [2.05, 4.69) is 0 Å². The highest BCUT2D eigenvalue weighted by Gasteiger charge is 2.32. The molecule has 0 aliphatic heterocycles. The van der Waals surface area contributed by atoms with Gasteiger partial charge in [-0.25, -0.2) is 0 Å². The van der Waals surface area contributed by atoms with Gasteiger partial charge in [-0.3, -0.25) is 4.79 Å². The summed E-state index contributed by atoms with van der Waals surface area (Å²) in [5, 5.41) is 0. The molecule has 0 atom stereocenters. The molecule has 0 fully saturated rings. The summed E-state index contributed by atoms with van der Waals surface area (Å²) >= 11 is 0. The van der Waals surface area contributed by atoms with Crippen LogP contribution in [0.2, 0.25) is 0 Å². The molecule has 0 aliphatic rings. The van der Waals surface area contributed by atoms with Crippen molar-refractivity contribution in [1.29, 1.82) is 0 Å². The number of nitrogens with zero attached hydrogens (tertiary/aromatic N) is 1. The van der Waals surface area contributed by atoms with Crippen LogP contribution in [-0.2, 0) is 4.79 Å². The first-order chi connectivity index (χ1) is 5.37. The zero-order valence-electron chi connectivity index (χ0n) is 7.11. The Labute approximate surface area is 69.3 Å². The molecule has 0 rings (SSSR count). The van der Waals surface area contributed by atoms with E-state index in [1.807, 2.05) is 0 Å². The molecule has 0 bridgehead atoms. The number of alkyl halides is 3. The van der Waals surface area contributed by atoms with Gasteiger partial charge in [0.1, 0.15) is 6.42 Å². The smallest absolute Gasteiger partial charge is 0.345 e. The maximum atomic E-state index is 11.7. The van der Waals surface area contributed by atoms with Crippen molar-refractivity contribution in [2.45, 2.75) is 25.9 Å². The number of carbonyl (C=O) groups is 1. The number of hydrogen-bond donors (Lipinski definition) is 0. The molecule has 2 nitrogen and oxygen atoms in total. The van der Waals surface area contributed by atoms with Crippen LogP contribution >= 0.6 is 0 Å². The van der Waals surface area contributed by atoms with E-state index in [1.54, 1.807) is 6.92 Å². The van der Waals surface area contributed by atoms with Crippen molar-refractivity contribution in [3.8, 4) is 0 Å². The highest BCUT2D eigenvalue weighted by molar-refractivity contribution is 5.76. The highest BCUT2D eigenvalue weighted by Crippen LogP contribution is 2.20. The highest BCUT2D eigenvalue weighted by atomic mass is 19.4. The molecule has 72 valence electrons. The Morgan fingerprint density at radius 3 is 2.25 bits per heavy atom. The molecule has 5 heteroatoms.